The number of hydrogen-bond acceptors (Lipinski definition) is 10. The number of carbonyl (C=O) groups is 1. The summed E-state index contributed by atoms with van der Waals surface area (Å²) in [5.74, 6) is -0.678. The van der Waals surface area contributed by atoms with Crippen LogP contribution >= 0.6 is 19.3 Å². The van der Waals surface area contributed by atoms with Crippen molar-refractivity contribution in [3.8, 4) is 5.75 Å². The largest absolute Gasteiger partial charge is 0.462 e. The summed E-state index contributed by atoms with van der Waals surface area (Å²) in [6, 6.07) is 8.56. The highest BCUT2D eigenvalue weighted by Crippen LogP contribution is 2.48. The molecule has 0 bridgehead atoms. The number of halogens is 1. The molecule has 14 heteroatoms. The van der Waals surface area contributed by atoms with Gasteiger partial charge in [-0.25, -0.2) is 9.36 Å². The molecule has 3 rings (SSSR count). The number of alkyl halides is 1. The van der Waals surface area contributed by atoms with Gasteiger partial charge in [-0.1, -0.05) is 18.2 Å². The molecule has 36 heavy (non-hydrogen) atoms. The summed E-state index contributed by atoms with van der Waals surface area (Å²) < 4.78 is 37.3. The van der Waals surface area contributed by atoms with E-state index in [1.807, 2.05) is 0 Å². The zero-order valence-electron chi connectivity index (χ0n) is 20.1. The SMILES string of the molecule is CC(C)OC(=O)[C@H](C)NP(=O)(OC[C@@]1(CCl)O[C@@H](n2ccc(N)nc2=O)C[C@@H]1O)Oc1ccccc1. The second-order valence-electron chi connectivity index (χ2n) is 8.58. The van der Waals surface area contributed by atoms with Crippen molar-refractivity contribution in [2.45, 2.75) is 57.3 Å². The van der Waals surface area contributed by atoms with Crippen molar-refractivity contribution in [2.24, 2.45) is 0 Å². The van der Waals surface area contributed by atoms with Crippen LogP contribution in [-0.4, -0.2) is 57.0 Å². The number of rotatable bonds is 11. The summed E-state index contributed by atoms with van der Waals surface area (Å²) >= 11 is 6.17. The Kier molecular flexibility index (Phi) is 9.15. The van der Waals surface area contributed by atoms with E-state index in [2.05, 4.69) is 10.1 Å². The van der Waals surface area contributed by atoms with E-state index in [0.717, 1.165) is 4.57 Å². The van der Waals surface area contributed by atoms with E-state index < -0.39 is 50.0 Å². The van der Waals surface area contributed by atoms with Crippen LogP contribution in [0.2, 0.25) is 0 Å². The van der Waals surface area contributed by atoms with Gasteiger partial charge in [-0.3, -0.25) is 13.9 Å². The van der Waals surface area contributed by atoms with E-state index in [9.17, 15) is 19.3 Å². The Balaban J connectivity index is 1.81. The highest BCUT2D eigenvalue weighted by molar-refractivity contribution is 7.52. The van der Waals surface area contributed by atoms with Crippen LogP contribution in [0.25, 0.3) is 0 Å². The normalized spacial score (nSPS) is 24.3. The lowest BCUT2D eigenvalue weighted by atomic mass is 10.0. The van der Waals surface area contributed by atoms with Gasteiger partial charge in [-0.15, -0.1) is 11.6 Å². The molecule has 198 valence electrons. The number of ether oxygens (including phenoxy) is 2. The van der Waals surface area contributed by atoms with E-state index in [-0.39, 0.29) is 30.0 Å². The molecule has 1 unspecified atom stereocenters. The van der Waals surface area contributed by atoms with Gasteiger partial charge in [-0.2, -0.15) is 10.1 Å². The number of aliphatic hydroxyl groups excluding tert-OH is 1. The van der Waals surface area contributed by atoms with Crippen LogP contribution in [0.1, 0.15) is 33.4 Å². The van der Waals surface area contributed by atoms with E-state index >= 15 is 0 Å². The van der Waals surface area contributed by atoms with Crippen LogP contribution < -0.4 is 21.0 Å². The maximum absolute atomic E-state index is 13.7. The average molecular weight is 545 g/mol. The van der Waals surface area contributed by atoms with Gasteiger partial charge in [0.1, 0.15) is 29.4 Å². The molecule has 0 amide bonds. The molecule has 2 aromatic rings. The van der Waals surface area contributed by atoms with Gasteiger partial charge in [-0.05, 0) is 39.0 Å². The topological polar surface area (TPSA) is 164 Å². The molecule has 1 aliphatic rings. The Labute approximate surface area is 213 Å². The second kappa shape index (κ2) is 11.7. The molecule has 1 fully saturated rings. The number of carbonyl (C=O) groups excluding carboxylic acids is 1. The Hall–Kier alpha value is -2.47. The van der Waals surface area contributed by atoms with Gasteiger partial charge in [0.25, 0.3) is 0 Å². The van der Waals surface area contributed by atoms with Crippen LogP contribution in [0.3, 0.4) is 0 Å². The van der Waals surface area contributed by atoms with Gasteiger partial charge in [0, 0.05) is 12.6 Å². The number of esters is 1. The Morgan fingerprint density at radius 2 is 2.06 bits per heavy atom. The third kappa shape index (κ3) is 6.84. The smallest absolute Gasteiger partial charge is 0.459 e. The molecular formula is C22H30ClN4O8P. The van der Waals surface area contributed by atoms with E-state index in [4.69, 9.17) is 35.9 Å². The number of nitrogens with zero attached hydrogens (tertiary/aromatic N) is 2. The van der Waals surface area contributed by atoms with Crippen molar-refractivity contribution in [1.82, 2.24) is 14.6 Å². The fourth-order valence-electron chi connectivity index (χ4n) is 3.44. The minimum atomic E-state index is -4.24. The molecule has 0 spiro atoms. The highest BCUT2D eigenvalue weighted by atomic mass is 35.5. The number of aliphatic hydroxyl groups is 1. The highest BCUT2D eigenvalue weighted by Gasteiger charge is 2.50. The van der Waals surface area contributed by atoms with Gasteiger partial charge in [0.2, 0.25) is 0 Å². The zero-order chi connectivity index (χ0) is 26.5. The first-order valence-electron chi connectivity index (χ1n) is 11.2. The predicted molar refractivity (Wildman–Crippen MR) is 132 cm³/mol. The standard InChI is InChI=1S/C22H30ClN4O8P/c1-14(2)33-20(29)15(3)26-36(31,35-16-7-5-4-6-8-16)32-13-22(12-23)17(28)11-19(34-22)27-10-9-18(24)25-21(27)30/h4-10,14-15,17,19,28H,11-13H2,1-3H3,(H,26,31)(H2,24,25,30)/t15-,17-,19+,22+,36?/m0/s1. The number of nitrogen functional groups attached to an aromatic ring is 1. The monoisotopic (exact) mass is 544 g/mol. The van der Waals surface area contributed by atoms with Gasteiger partial charge < -0.3 is 24.8 Å². The molecule has 1 aromatic carbocycles. The van der Waals surface area contributed by atoms with Crippen molar-refractivity contribution >= 4 is 31.1 Å². The Morgan fingerprint density at radius 1 is 1.36 bits per heavy atom. The molecule has 1 aliphatic heterocycles. The lowest BCUT2D eigenvalue weighted by Crippen LogP contribution is -2.46. The minimum absolute atomic E-state index is 0.0179. The van der Waals surface area contributed by atoms with Crippen molar-refractivity contribution in [1.29, 1.82) is 0 Å². The molecular weight excluding hydrogens is 515 g/mol. The number of benzene rings is 1. The minimum Gasteiger partial charge on any atom is -0.462 e. The number of anilines is 1. The molecule has 4 N–H and O–H groups in total. The summed E-state index contributed by atoms with van der Waals surface area (Å²) in [4.78, 5) is 28.2. The summed E-state index contributed by atoms with van der Waals surface area (Å²) in [6.07, 6.45) is -1.14. The van der Waals surface area contributed by atoms with Crippen molar-refractivity contribution in [2.75, 3.05) is 18.2 Å². The molecule has 2 heterocycles. The fraction of sp³-hybridized carbons (Fsp3) is 0.500. The third-order valence-electron chi connectivity index (χ3n) is 5.30. The molecule has 0 aliphatic carbocycles. The number of hydrogen-bond donors (Lipinski definition) is 3. The van der Waals surface area contributed by atoms with E-state index in [0.29, 0.717) is 0 Å². The van der Waals surface area contributed by atoms with Gasteiger partial charge >= 0.3 is 19.4 Å². The van der Waals surface area contributed by atoms with Crippen LogP contribution in [0, 0.1) is 0 Å². The van der Waals surface area contributed by atoms with Gasteiger partial charge in [0.15, 0.2) is 0 Å². The van der Waals surface area contributed by atoms with Crippen LogP contribution in [0.15, 0.2) is 47.4 Å². The summed E-state index contributed by atoms with van der Waals surface area (Å²) in [6.45, 7) is 4.32. The fourth-order valence-corrected chi connectivity index (χ4v) is 5.30. The van der Waals surface area contributed by atoms with Crippen molar-refractivity contribution in [3.63, 3.8) is 0 Å². The van der Waals surface area contributed by atoms with Crippen LogP contribution in [-0.2, 0) is 23.4 Å². The number of nitrogens with one attached hydrogen (secondary N) is 1. The molecule has 1 saturated heterocycles. The van der Waals surface area contributed by atoms with Gasteiger partial charge in [0.05, 0.1) is 24.7 Å². The van der Waals surface area contributed by atoms with Crippen molar-refractivity contribution in [3.05, 3.63) is 53.1 Å². The first kappa shape index (κ1) is 28.1. The molecule has 1 aromatic heterocycles. The number of aromatic nitrogens is 2. The summed E-state index contributed by atoms with van der Waals surface area (Å²) in [5.41, 5.74) is 3.32. The lowest BCUT2D eigenvalue weighted by molar-refractivity contribution is -0.149. The lowest BCUT2D eigenvalue weighted by Gasteiger charge is -2.32. The van der Waals surface area contributed by atoms with E-state index in [1.165, 1.54) is 19.2 Å². The van der Waals surface area contributed by atoms with Crippen LogP contribution in [0.5, 0.6) is 5.75 Å². The second-order valence-corrected chi connectivity index (χ2v) is 10.5. The molecule has 5 atom stereocenters. The maximum Gasteiger partial charge on any atom is 0.459 e. The molecule has 0 radical (unpaired) electrons. The summed E-state index contributed by atoms with van der Waals surface area (Å²) in [7, 11) is -4.24. The number of nitrogens with two attached hydrogens (primary N) is 1. The average Bonchev–Trinajstić information content (AvgIpc) is 3.14. The van der Waals surface area contributed by atoms with E-state index in [1.54, 1.807) is 44.2 Å². The third-order valence-corrected chi connectivity index (χ3v) is 7.37. The first-order chi connectivity index (χ1) is 17.0. The Bertz CT molecular complexity index is 1150. The van der Waals surface area contributed by atoms with Crippen molar-refractivity contribution < 1.29 is 33.0 Å². The maximum atomic E-state index is 13.7. The van der Waals surface area contributed by atoms with Crippen LogP contribution in [0.4, 0.5) is 5.82 Å². The molecule has 0 saturated carbocycles. The zero-order valence-corrected chi connectivity index (χ0v) is 21.7. The first-order valence-corrected chi connectivity index (χ1v) is 13.3. The number of para-hydroxylation sites is 1. The predicted octanol–water partition coefficient (Wildman–Crippen LogP) is 2.22. The molecule has 12 nitrogen and oxygen atoms in total. The quantitative estimate of drug-likeness (QED) is 0.216. The Morgan fingerprint density at radius 3 is 2.67 bits per heavy atom. The summed E-state index contributed by atoms with van der Waals surface area (Å²) in [5, 5.41) is 13.4.